The molecule has 5 heteroatoms. The van der Waals surface area contributed by atoms with Crippen LogP contribution in [0.3, 0.4) is 0 Å². The Bertz CT molecular complexity index is 551. The maximum atomic E-state index is 5.08. The summed E-state index contributed by atoms with van der Waals surface area (Å²) in [5, 5.41) is 6.77. The number of piperidine rings is 1. The Morgan fingerprint density at radius 1 is 1.15 bits per heavy atom. The molecular weight excluding hydrogens is 324 g/mol. The molecule has 5 nitrogen and oxygen atoms in total. The zero-order valence-electron chi connectivity index (χ0n) is 16.9. The Morgan fingerprint density at radius 3 is 2.50 bits per heavy atom. The summed E-state index contributed by atoms with van der Waals surface area (Å²) in [6.45, 7) is 10.6. The fraction of sp³-hybridized carbons (Fsp3) is 0.667. The molecule has 2 atom stereocenters. The number of nitrogens with one attached hydrogen (secondary N) is 2. The van der Waals surface area contributed by atoms with Gasteiger partial charge in [0.05, 0.1) is 0 Å². The van der Waals surface area contributed by atoms with Crippen molar-refractivity contribution in [1.29, 1.82) is 0 Å². The molecule has 2 rings (SSSR count). The zero-order chi connectivity index (χ0) is 18.8. The Labute approximate surface area is 159 Å². The minimum atomic E-state index is 0.763. The van der Waals surface area contributed by atoms with E-state index < -0.39 is 0 Å². The summed E-state index contributed by atoms with van der Waals surface area (Å²) in [7, 11) is 3.54. The summed E-state index contributed by atoms with van der Waals surface area (Å²) in [4.78, 5) is 6.92. The molecule has 1 aliphatic rings. The van der Waals surface area contributed by atoms with Crippen molar-refractivity contribution in [3.63, 3.8) is 0 Å². The lowest BCUT2D eigenvalue weighted by molar-refractivity contribution is 0.134. The number of rotatable bonds is 8. The second-order valence-corrected chi connectivity index (χ2v) is 7.61. The number of ether oxygens (including phenoxy) is 1. The molecule has 1 saturated heterocycles. The fourth-order valence-corrected chi connectivity index (χ4v) is 3.87. The zero-order valence-corrected chi connectivity index (χ0v) is 16.9. The third-order valence-corrected chi connectivity index (χ3v) is 4.94. The minimum Gasteiger partial charge on any atom is -0.385 e. The van der Waals surface area contributed by atoms with Gasteiger partial charge in [0.2, 0.25) is 0 Å². The molecule has 146 valence electrons. The van der Waals surface area contributed by atoms with E-state index in [1.54, 1.807) is 7.11 Å². The van der Waals surface area contributed by atoms with Crippen molar-refractivity contribution in [2.75, 3.05) is 40.4 Å². The highest BCUT2D eigenvalue weighted by Crippen LogP contribution is 2.23. The number of likely N-dealkylation sites (tertiary alicyclic amines) is 1. The van der Waals surface area contributed by atoms with E-state index in [0.29, 0.717) is 0 Å². The van der Waals surface area contributed by atoms with Crippen LogP contribution in [0.1, 0.15) is 37.8 Å². The number of nitrogens with zero attached hydrogens (tertiary/aromatic N) is 2. The van der Waals surface area contributed by atoms with Gasteiger partial charge in [-0.3, -0.25) is 9.89 Å². The average Bonchev–Trinajstić information content (AvgIpc) is 2.61. The van der Waals surface area contributed by atoms with E-state index in [4.69, 9.17) is 4.74 Å². The molecular formula is C21H36N4O. The van der Waals surface area contributed by atoms with E-state index >= 15 is 0 Å². The van der Waals surface area contributed by atoms with E-state index in [1.165, 1.54) is 30.6 Å². The van der Waals surface area contributed by atoms with Crippen LogP contribution in [0.5, 0.6) is 0 Å². The maximum absolute atomic E-state index is 5.08. The van der Waals surface area contributed by atoms with Crippen LogP contribution in [0, 0.1) is 11.8 Å². The molecule has 26 heavy (non-hydrogen) atoms. The molecule has 1 aromatic rings. The summed E-state index contributed by atoms with van der Waals surface area (Å²) in [5.74, 6) is 2.43. The van der Waals surface area contributed by atoms with Crippen molar-refractivity contribution in [1.82, 2.24) is 15.5 Å². The van der Waals surface area contributed by atoms with Gasteiger partial charge in [0.15, 0.2) is 5.96 Å². The van der Waals surface area contributed by atoms with Gasteiger partial charge in [0.25, 0.3) is 0 Å². The molecule has 0 aromatic heterocycles. The van der Waals surface area contributed by atoms with E-state index in [9.17, 15) is 0 Å². The van der Waals surface area contributed by atoms with Crippen molar-refractivity contribution in [2.45, 2.75) is 39.8 Å². The van der Waals surface area contributed by atoms with Crippen molar-refractivity contribution in [3.05, 3.63) is 35.4 Å². The van der Waals surface area contributed by atoms with Crippen LogP contribution in [-0.2, 0) is 17.8 Å². The second kappa shape index (κ2) is 11.2. The molecule has 0 spiro atoms. The summed E-state index contributed by atoms with van der Waals surface area (Å²) in [6.07, 6.45) is 2.32. The van der Waals surface area contributed by atoms with Crippen LogP contribution < -0.4 is 10.6 Å². The largest absolute Gasteiger partial charge is 0.385 e. The summed E-state index contributed by atoms with van der Waals surface area (Å²) in [6, 6.07) is 8.75. The van der Waals surface area contributed by atoms with Crippen LogP contribution in [0.15, 0.2) is 29.3 Å². The van der Waals surface area contributed by atoms with Crippen molar-refractivity contribution < 1.29 is 4.74 Å². The quantitative estimate of drug-likeness (QED) is 0.425. The van der Waals surface area contributed by atoms with Gasteiger partial charge in [-0.15, -0.1) is 0 Å². The molecule has 0 radical (unpaired) electrons. The molecule has 0 saturated carbocycles. The molecule has 0 aliphatic carbocycles. The highest BCUT2D eigenvalue weighted by molar-refractivity contribution is 5.79. The monoisotopic (exact) mass is 360 g/mol. The van der Waals surface area contributed by atoms with Gasteiger partial charge in [-0.05, 0) is 35.8 Å². The number of methoxy groups -OCH3 is 1. The Hall–Kier alpha value is -1.59. The van der Waals surface area contributed by atoms with E-state index in [1.807, 2.05) is 7.05 Å². The molecule has 1 heterocycles. The summed E-state index contributed by atoms with van der Waals surface area (Å²) in [5.41, 5.74) is 2.76. The molecule has 2 unspecified atom stereocenters. The van der Waals surface area contributed by atoms with Gasteiger partial charge in [-0.1, -0.05) is 38.1 Å². The van der Waals surface area contributed by atoms with Gasteiger partial charge in [0.1, 0.15) is 0 Å². The van der Waals surface area contributed by atoms with Gasteiger partial charge < -0.3 is 15.4 Å². The lowest BCUT2D eigenvalue weighted by atomic mass is 9.91. The van der Waals surface area contributed by atoms with Crippen molar-refractivity contribution in [2.24, 2.45) is 16.8 Å². The Kier molecular flexibility index (Phi) is 8.92. The number of hydrogen-bond acceptors (Lipinski definition) is 3. The molecule has 2 N–H and O–H groups in total. The molecule has 0 amide bonds. The van der Waals surface area contributed by atoms with Gasteiger partial charge in [0, 0.05) is 53.5 Å². The Balaban J connectivity index is 1.89. The van der Waals surface area contributed by atoms with E-state index in [0.717, 1.165) is 50.5 Å². The number of guanidine groups is 1. The average molecular weight is 361 g/mol. The van der Waals surface area contributed by atoms with Crippen LogP contribution in [-0.4, -0.2) is 51.3 Å². The van der Waals surface area contributed by atoms with Crippen molar-refractivity contribution in [3.8, 4) is 0 Å². The predicted molar refractivity (Wildman–Crippen MR) is 109 cm³/mol. The fourth-order valence-electron chi connectivity index (χ4n) is 3.87. The maximum Gasteiger partial charge on any atom is 0.191 e. The molecule has 1 fully saturated rings. The summed E-state index contributed by atoms with van der Waals surface area (Å²) < 4.78 is 5.08. The summed E-state index contributed by atoms with van der Waals surface area (Å²) >= 11 is 0. The highest BCUT2D eigenvalue weighted by Gasteiger charge is 2.22. The first-order valence-electron chi connectivity index (χ1n) is 9.85. The van der Waals surface area contributed by atoms with Gasteiger partial charge >= 0.3 is 0 Å². The third-order valence-electron chi connectivity index (χ3n) is 4.94. The number of hydrogen-bond donors (Lipinski definition) is 2. The van der Waals surface area contributed by atoms with Crippen LogP contribution >= 0.6 is 0 Å². The Morgan fingerprint density at radius 2 is 1.85 bits per heavy atom. The lowest BCUT2D eigenvalue weighted by Crippen LogP contribution is -2.39. The van der Waals surface area contributed by atoms with Gasteiger partial charge in [-0.25, -0.2) is 0 Å². The van der Waals surface area contributed by atoms with Crippen LogP contribution in [0.4, 0.5) is 0 Å². The topological polar surface area (TPSA) is 48.9 Å². The number of aliphatic imine (C=N–C) groups is 1. The smallest absolute Gasteiger partial charge is 0.191 e. The SMILES string of the molecule is CN=C(NCCCOC)NCc1ccccc1CN1CC(C)CC(C)C1. The first-order valence-corrected chi connectivity index (χ1v) is 9.85. The second-order valence-electron chi connectivity index (χ2n) is 7.61. The predicted octanol–water partition coefficient (Wildman–Crippen LogP) is 2.87. The first-order chi connectivity index (χ1) is 12.6. The van der Waals surface area contributed by atoms with E-state index in [-0.39, 0.29) is 0 Å². The molecule has 0 bridgehead atoms. The standard InChI is InChI=1S/C21H36N4O/c1-17-12-18(2)15-25(14-17)16-20-9-6-5-8-19(20)13-24-21(22-3)23-10-7-11-26-4/h5-6,8-9,17-18H,7,10-16H2,1-4H3,(H2,22,23,24). The van der Waals surface area contributed by atoms with E-state index in [2.05, 4.69) is 58.6 Å². The highest BCUT2D eigenvalue weighted by atomic mass is 16.5. The lowest BCUT2D eigenvalue weighted by Gasteiger charge is -2.35. The van der Waals surface area contributed by atoms with Crippen LogP contribution in [0.25, 0.3) is 0 Å². The first kappa shape index (κ1) is 20.7. The normalized spacial score (nSPS) is 21.6. The molecule has 1 aromatic carbocycles. The van der Waals surface area contributed by atoms with Crippen molar-refractivity contribution >= 4 is 5.96 Å². The van der Waals surface area contributed by atoms with Crippen LogP contribution in [0.2, 0.25) is 0 Å². The van der Waals surface area contributed by atoms with Gasteiger partial charge in [-0.2, -0.15) is 0 Å². The molecule has 1 aliphatic heterocycles. The third kappa shape index (κ3) is 6.96. The minimum absolute atomic E-state index is 0.763. The number of benzene rings is 1.